The zero-order chi connectivity index (χ0) is 12.3. The van der Waals surface area contributed by atoms with Crippen LogP contribution >= 0.6 is 0 Å². The molecule has 2 heterocycles. The number of imidazole rings is 1. The van der Waals surface area contributed by atoms with Gasteiger partial charge in [0.2, 0.25) is 5.82 Å². The number of amides is 1. The van der Waals surface area contributed by atoms with Crippen molar-refractivity contribution in [3.8, 4) is 0 Å². The fraction of sp³-hybridized carbons (Fsp3) is 0.400. The second kappa shape index (κ2) is 4.77. The van der Waals surface area contributed by atoms with Gasteiger partial charge in [-0.3, -0.25) is 9.89 Å². The molecule has 2 aromatic heterocycles. The third-order valence-corrected chi connectivity index (χ3v) is 2.22. The first-order chi connectivity index (χ1) is 8.16. The van der Waals surface area contributed by atoms with Gasteiger partial charge in [-0.05, 0) is 0 Å². The number of carbonyl (C=O) groups is 1. The summed E-state index contributed by atoms with van der Waals surface area (Å²) in [4.78, 5) is 22.7. The van der Waals surface area contributed by atoms with Crippen molar-refractivity contribution in [3.05, 3.63) is 29.9 Å². The van der Waals surface area contributed by atoms with Crippen LogP contribution in [0.25, 0.3) is 0 Å². The molecule has 1 amide bonds. The summed E-state index contributed by atoms with van der Waals surface area (Å²) in [6.07, 6.45) is 3.33. The summed E-state index contributed by atoms with van der Waals surface area (Å²) in [6, 6.07) is 0. The summed E-state index contributed by atoms with van der Waals surface area (Å²) in [7, 11) is 0. The van der Waals surface area contributed by atoms with E-state index in [2.05, 4.69) is 30.5 Å². The van der Waals surface area contributed by atoms with Crippen molar-refractivity contribution >= 4 is 5.91 Å². The van der Waals surface area contributed by atoms with Crippen molar-refractivity contribution in [2.24, 2.45) is 0 Å². The molecule has 0 aliphatic carbocycles. The van der Waals surface area contributed by atoms with E-state index < -0.39 is 0 Å². The topological polar surface area (TPSA) is 99.3 Å². The number of nitrogens with one attached hydrogen (secondary N) is 3. The highest BCUT2D eigenvalue weighted by molar-refractivity contribution is 5.90. The number of aromatic amines is 2. The second-order valence-corrected chi connectivity index (χ2v) is 3.92. The van der Waals surface area contributed by atoms with E-state index in [-0.39, 0.29) is 17.6 Å². The van der Waals surface area contributed by atoms with Crippen molar-refractivity contribution in [1.82, 2.24) is 30.5 Å². The summed E-state index contributed by atoms with van der Waals surface area (Å²) in [5, 5.41) is 9.27. The third-order valence-electron chi connectivity index (χ3n) is 2.22. The summed E-state index contributed by atoms with van der Waals surface area (Å²) in [5.74, 6) is 1.45. The van der Waals surface area contributed by atoms with Crippen molar-refractivity contribution in [3.63, 3.8) is 0 Å². The van der Waals surface area contributed by atoms with Gasteiger partial charge in [0.1, 0.15) is 11.6 Å². The van der Waals surface area contributed by atoms with Crippen LogP contribution in [0.4, 0.5) is 0 Å². The molecule has 7 heteroatoms. The molecule has 0 saturated carbocycles. The minimum atomic E-state index is -0.315. The van der Waals surface area contributed by atoms with E-state index in [0.29, 0.717) is 18.2 Å². The van der Waals surface area contributed by atoms with Crippen molar-refractivity contribution < 1.29 is 4.79 Å². The molecule has 17 heavy (non-hydrogen) atoms. The first kappa shape index (κ1) is 11.3. The maximum atomic E-state index is 11.7. The molecule has 0 unspecified atom stereocenters. The van der Waals surface area contributed by atoms with Crippen LogP contribution in [0.15, 0.2) is 12.4 Å². The Morgan fingerprint density at radius 2 is 2.35 bits per heavy atom. The molecule has 0 spiro atoms. The molecule has 7 nitrogen and oxygen atoms in total. The lowest BCUT2D eigenvalue weighted by Crippen LogP contribution is -2.24. The fourth-order valence-electron chi connectivity index (χ4n) is 1.27. The minimum absolute atomic E-state index is 0.153. The first-order valence-corrected chi connectivity index (χ1v) is 5.35. The molecule has 90 valence electrons. The van der Waals surface area contributed by atoms with E-state index >= 15 is 0 Å². The van der Waals surface area contributed by atoms with Gasteiger partial charge in [-0.15, -0.1) is 5.10 Å². The highest BCUT2D eigenvalue weighted by Gasteiger charge is 2.13. The van der Waals surface area contributed by atoms with Crippen LogP contribution in [0.1, 0.15) is 42.0 Å². The highest BCUT2D eigenvalue weighted by atomic mass is 16.2. The average molecular weight is 234 g/mol. The van der Waals surface area contributed by atoms with E-state index in [9.17, 15) is 4.79 Å². The monoisotopic (exact) mass is 234 g/mol. The van der Waals surface area contributed by atoms with Gasteiger partial charge in [-0.1, -0.05) is 13.8 Å². The predicted octanol–water partition coefficient (Wildman–Crippen LogP) is 0.581. The number of hydrogen-bond acceptors (Lipinski definition) is 4. The molecule has 0 radical (unpaired) electrons. The molecule has 2 rings (SSSR count). The molecule has 0 bridgehead atoms. The smallest absolute Gasteiger partial charge is 0.291 e. The normalized spacial score (nSPS) is 10.8. The molecule has 3 N–H and O–H groups in total. The quantitative estimate of drug-likeness (QED) is 0.720. The van der Waals surface area contributed by atoms with Gasteiger partial charge in [0.15, 0.2) is 0 Å². The second-order valence-electron chi connectivity index (χ2n) is 3.92. The lowest BCUT2D eigenvalue weighted by molar-refractivity contribution is 0.0940. The first-order valence-electron chi connectivity index (χ1n) is 5.35. The van der Waals surface area contributed by atoms with E-state index in [4.69, 9.17) is 0 Å². The molecule has 0 saturated heterocycles. The number of nitrogens with zero attached hydrogens (tertiary/aromatic N) is 3. The van der Waals surface area contributed by atoms with E-state index in [1.165, 1.54) is 0 Å². The Kier molecular flexibility index (Phi) is 3.17. The molecular formula is C10H14N6O. The van der Waals surface area contributed by atoms with Crippen molar-refractivity contribution in [2.75, 3.05) is 0 Å². The summed E-state index contributed by atoms with van der Waals surface area (Å²) >= 11 is 0. The standard InChI is InChI=1S/C10H14N6O/c1-6(2)8-14-9(16-15-8)10(17)13-5-7-11-3-4-12-7/h3-4,6H,5H2,1-2H3,(H,11,12)(H,13,17)(H,14,15,16). The molecule has 0 aliphatic rings. The Morgan fingerprint density at radius 3 is 2.94 bits per heavy atom. The van der Waals surface area contributed by atoms with Gasteiger partial charge in [0, 0.05) is 18.3 Å². The van der Waals surface area contributed by atoms with E-state index in [1.54, 1.807) is 12.4 Å². The van der Waals surface area contributed by atoms with Gasteiger partial charge in [-0.2, -0.15) is 0 Å². The number of rotatable bonds is 4. The Labute approximate surface area is 98.1 Å². The maximum Gasteiger partial charge on any atom is 0.291 e. The molecule has 0 fully saturated rings. The zero-order valence-electron chi connectivity index (χ0n) is 9.69. The molecule has 0 aromatic carbocycles. The number of carbonyl (C=O) groups excluding carboxylic acids is 1. The van der Waals surface area contributed by atoms with E-state index in [0.717, 1.165) is 0 Å². The molecule has 0 atom stereocenters. The van der Waals surface area contributed by atoms with Crippen LogP contribution in [0, 0.1) is 0 Å². The highest BCUT2D eigenvalue weighted by Crippen LogP contribution is 2.07. The van der Waals surface area contributed by atoms with Crippen molar-refractivity contribution in [1.29, 1.82) is 0 Å². The van der Waals surface area contributed by atoms with Crippen LogP contribution in [0.3, 0.4) is 0 Å². The van der Waals surface area contributed by atoms with Crippen LogP contribution in [0.2, 0.25) is 0 Å². The lowest BCUT2D eigenvalue weighted by Gasteiger charge is -1.99. The predicted molar refractivity (Wildman–Crippen MR) is 60.2 cm³/mol. The Morgan fingerprint density at radius 1 is 1.53 bits per heavy atom. The SMILES string of the molecule is CC(C)c1nc(C(=O)NCc2ncc[nH]2)n[nH]1. The zero-order valence-corrected chi connectivity index (χ0v) is 9.69. The Bertz CT molecular complexity index is 487. The summed E-state index contributed by atoms with van der Waals surface area (Å²) in [6.45, 7) is 4.29. The number of H-pyrrole nitrogens is 2. The molecular weight excluding hydrogens is 220 g/mol. The minimum Gasteiger partial charge on any atom is -0.347 e. The molecule has 2 aromatic rings. The summed E-state index contributed by atoms with van der Waals surface area (Å²) < 4.78 is 0. The van der Waals surface area contributed by atoms with Gasteiger partial charge in [0.25, 0.3) is 5.91 Å². The molecule has 0 aliphatic heterocycles. The van der Waals surface area contributed by atoms with Crippen LogP contribution in [0.5, 0.6) is 0 Å². The van der Waals surface area contributed by atoms with Crippen molar-refractivity contribution in [2.45, 2.75) is 26.3 Å². The average Bonchev–Trinajstić information content (AvgIpc) is 2.96. The number of hydrogen-bond donors (Lipinski definition) is 3. The maximum absolute atomic E-state index is 11.7. The van der Waals surface area contributed by atoms with Gasteiger partial charge in [0.05, 0.1) is 6.54 Å². The van der Waals surface area contributed by atoms with Gasteiger partial charge >= 0.3 is 0 Å². The lowest BCUT2D eigenvalue weighted by atomic mass is 10.2. The van der Waals surface area contributed by atoms with Gasteiger partial charge < -0.3 is 10.3 Å². The largest absolute Gasteiger partial charge is 0.347 e. The third kappa shape index (κ3) is 2.68. The van der Waals surface area contributed by atoms with E-state index in [1.807, 2.05) is 13.8 Å². The van der Waals surface area contributed by atoms with Gasteiger partial charge in [-0.25, -0.2) is 9.97 Å². The summed E-state index contributed by atoms with van der Waals surface area (Å²) in [5.41, 5.74) is 0. The Balaban J connectivity index is 1.95. The van der Waals surface area contributed by atoms with Crippen LogP contribution in [-0.2, 0) is 6.54 Å². The van der Waals surface area contributed by atoms with Crippen LogP contribution in [-0.4, -0.2) is 31.1 Å². The Hall–Kier alpha value is -2.18. The van der Waals surface area contributed by atoms with Crippen LogP contribution < -0.4 is 5.32 Å². The fourth-order valence-corrected chi connectivity index (χ4v) is 1.27. The number of aromatic nitrogens is 5.